The Morgan fingerprint density at radius 3 is 1.94 bits per heavy atom. The third-order valence-electron chi connectivity index (χ3n) is 2.73. The highest BCUT2D eigenvalue weighted by Gasteiger charge is 2.42. The van der Waals surface area contributed by atoms with E-state index in [1.54, 1.807) is 13.8 Å². The van der Waals surface area contributed by atoms with Gasteiger partial charge in [0.2, 0.25) is 0 Å². The number of allylic oxidation sites excluding steroid dienone is 4. The Morgan fingerprint density at radius 1 is 1.06 bits per heavy atom. The van der Waals surface area contributed by atoms with Crippen LogP contribution in [0.1, 0.15) is 20.3 Å². The van der Waals surface area contributed by atoms with Crippen LogP contribution in [0.4, 0.5) is 26.3 Å². The van der Waals surface area contributed by atoms with E-state index in [0.717, 1.165) is 6.08 Å². The highest BCUT2D eigenvalue weighted by molar-refractivity contribution is 5.35. The number of halogens is 6. The molecule has 0 aromatic heterocycles. The molecule has 0 amide bonds. The molecular weight excluding hydrogens is 246 g/mol. The zero-order valence-corrected chi connectivity index (χ0v) is 9.28. The average Bonchev–Trinajstić information content (AvgIpc) is 2.14. The monoisotopic (exact) mass is 258 g/mol. The van der Waals surface area contributed by atoms with Gasteiger partial charge in [-0.25, -0.2) is 0 Å². The predicted octanol–water partition coefficient (Wildman–Crippen LogP) is 4.64. The molecule has 1 aliphatic carbocycles. The van der Waals surface area contributed by atoms with Gasteiger partial charge in [0.1, 0.15) is 0 Å². The number of hydrogen-bond acceptors (Lipinski definition) is 0. The van der Waals surface area contributed by atoms with Crippen molar-refractivity contribution in [2.24, 2.45) is 11.8 Å². The Morgan fingerprint density at radius 2 is 1.59 bits per heavy atom. The third kappa shape index (κ3) is 3.51. The summed E-state index contributed by atoms with van der Waals surface area (Å²) in [6.45, 7) is 3.21. The standard InChI is InChI=1S/C11H12F6/c1-6(2)7-3-8(10(12,13)14)5-9(4-7)11(15,16)17/h3,5-7H,4H2,1-2H3. The minimum atomic E-state index is -4.73. The van der Waals surface area contributed by atoms with Gasteiger partial charge in [-0.15, -0.1) is 0 Å². The highest BCUT2D eigenvalue weighted by Crippen LogP contribution is 2.41. The topological polar surface area (TPSA) is 0 Å². The van der Waals surface area contributed by atoms with Crippen LogP contribution in [-0.2, 0) is 0 Å². The van der Waals surface area contributed by atoms with Crippen LogP contribution in [0.3, 0.4) is 0 Å². The van der Waals surface area contributed by atoms with Crippen molar-refractivity contribution in [3.05, 3.63) is 23.3 Å². The summed E-state index contributed by atoms with van der Waals surface area (Å²) in [5.74, 6) is -0.994. The Bertz CT molecular complexity index is 342. The van der Waals surface area contributed by atoms with E-state index in [-0.39, 0.29) is 18.4 Å². The molecule has 0 nitrogen and oxygen atoms in total. The summed E-state index contributed by atoms with van der Waals surface area (Å²) in [6.07, 6.45) is -8.72. The van der Waals surface area contributed by atoms with Crippen LogP contribution >= 0.6 is 0 Å². The van der Waals surface area contributed by atoms with Crippen LogP contribution in [0.2, 0.25) is 0 Å². The van der Waals surface area contributed by atoms with E-state index in [0.29, 0.717) is 0 Å². The molecule has 0 radical (unpaired) electrons. The first-order valence-electron chi connectivity index (χ1n) is 5.08. The van der Waals surface area contributed by atoms with Crippen LogP contribution < -0.4 is 0 Å². The van der Waals surface area contributed by atoms with E-state index in [4.69, 9.17) is 0 Å². The molecule has 0 spiro atoms. The quantitative estimate of drug-likeness (QED) is 0.601. The molecule has 6 heteroatoms. The van der Waals surface area contributed by atoms with Crippen LogP contribution in [-0.4, -0.2) is 12.4 Å². The van der Waals surface area contributed by atoms with Crippen LogP contribution in [0.25, 0.3) is 0 Å². The first-order chi connectivity index (χ1) is 7.51. The Hall–Kier alpha value is -0.940. The highest BCUT2D eigenvalue weighted by atomic mass is 19.4. The number of rotatable bonds is 1. The summed E-state index contributed by atoms with van der Waals surface area (Å²) in [5.41, 5.74) is -2.30. The first-order valence-corrected chi connectivity index (χ1v) is 5.08. The Labute approximate surface area is 95.0 Å². The van der Waals surface area contributed by atoms with Crippen molar-refractivity contribution < 1.29 is 26.3 Å². The molecule has 1 aliphatic rings. The van der Waals surface area contributed by atoms with E-state index >= 15 is 0 Å². The van der Waals surface area contributed by atoms with Gasteiger partial charge in [0.05, 0.1) is 5.57 Å². The molecule has 0 aromatic rings. The number of alkyl halides is 6. The molecule has 17 heavy (non-hydrogen) atoms. The van der Waals surface area contributed by atoms with Gasteiger partial charge in [0, 0.05) is 5.57 Å². The van der Waals surface area contributed by atoms with Crippen LogP contribution in [0.15, 0.2) is 23.3 Å². The second kappa shape index (κ2) is 4.38. The molecule has 0 saturated heterocycles. The molecule has 0 saturated carbocycles. The fourth-order valence-corrected chi connectivity index (χ4v) is 1.64. The van der Waals surface area contributed by atoms with E-state index in [9.17, 15) is 26.3 Å². The van der Waals surface area contributed by atoms with E-state index in [1.165, 1.54) is 0 Å². The second-order valence-corrected chi connectivity index (χ2v) is 4.40. The van der Waals surface area contributed by atoms with E-state index < -0.39 is 29.4 Å². The smallest absolute Gasteiger partial charge is 0.166 e. The predicted molar refractivity (Wildman–Crippen MR) is 51.2 cm³/mol. The number of hydrogen-bond donors (Lipinski definition) is 0. The van der Waals surface area contributed by atoms with Gasteiger partial charge in [0.25, 0.3) is 0 Å². The molecule has 0 fully saturated rings. The molecule has 1 unspecified atom stereocenters. The van der Waals surface area contributed by atoms with Gasteiger partial charge in [-0.3, -0.25) is 0 Å². The summed E-state index contributed by atoms with van der Waals surface area (Å²) >= 11 is 0. The van der Waals surface area contributed by atoms with Crippen molar-refractivity contribution in [2.75, 3.05) is 0 Å². The average molecular weight is 258 g/mol. The van der Waals surface area contributed by atoms with Crippen molar-refractivity contribution in [2.45, 2.75) is 32.6 Å². The molecule has 0 aromatic carbocycles. The van der Waals surface area contributed by atoms with Crippen molar-refractivity contribution in [3.63, 3.8) is 0 Å². The summed E-state index contributed by atoms with van der Waals surface area (Å²) in [4.78, 5) is 0. The van der Waals surface area contributed by atoms with Crippen molar-refractivity contribution in [1.29, 1.82) is 0 Å². The summed E-state index contributed by atoms with van der Waals surface area (Å²) in [5, 5.41) is 0. The SMILES string of the molecule is CC(C)C1C=C(C(F)(F)F)C=C(C(F)(F)F)C1. The molecule has 0 heterocycles. The third-order valence-corrected chi connectivity index (χ3v) is 2.73. The normalized spacial score (nSPS) is 22.5. The van der Waals surface area contributed by atoms with E-state index in [2.05, 4.69) is 0 Å². The van der Waals surface area contributed by atoms with Crippen LogP contribution in [0.5, 0.6) is 0 Å². The van der Waals surface area contributed by atoms with Gasteiger partial charge in [-0.05, 0) is 24.3 Å². The summed E-state index contributed by atoms with van der Waals surface area (Å²) in [7, 11) is 0. The van der Waals surface area contributed by atoms with Crippen LogP contribution in [0, 0.1) is 11.8 Å². The molecule has 1 rings (SSSR count). The van der Waals surface area contributed by atoms with Crippen molar-refractivity contribution in [3.8, 4) is 0 Å². The lowest BCUT2D eigenvalue weighted by Crippen LogP contribution is -2.24. The molecule has 0 aliphatic heterocycles. The molecule has 0 N–H and O–H groups in total. The molecule has 0 bridgehead atoms. The summed E-state index contributed by atoms with van der Waals surface area (Å²) < 4.78 is 74.8. The fraction of sp³-hybridized carbons (Fsp3) is 0.636. The maximum absolute atomic E-state index is 12.5. The zero-order valence-electron chi connectivity index (χ0n) is 9.28. The minimum absolute atomic E-state index is 0.207. The van der Waals surface area contributed by atoms with Crippen molar-refractivity contribution in [1.82, 2.24) is 0 Å². The molecule has 98 valence electrons. The van der Waals surface area contributed by atoms with Gasteiger partial charge in [-0.1, -0.05) is 19.9 Å². The summed E-state index contributed by atoms with van der Waals surface area (Å²) in [6, 6.07) is 0. The van der Waals surface area contributed by atoms with Gasteiger partial charge in [-0.2, -0.15) is 26.3 Å². The Balaban J connectivity index is 3.13. The zero-order chi connectivity index (χ0) is 13.4. The largest absolute Gasteiger partial charge is 0.416 e. The maximum Gasteiger partial charge on any atom is 0.416 e. The molecular formula is C11H12F6. The second-order valence-electron chi connectivity index (χ2n) is 4.40. The first kappa shape index (κ1) is 14.1. The lowest BCUT2D eigenvalue weighted by atomic mass is 9.83. The van der Waals surface area contributed by atoms with Crippen molar-refractivity contribution >= 4 is 0 Å². The van der Waals surface area contributed by atoms with Gasteiger partial charge in [0.15, 0.2) is 0 Å². The molecule has 1 atom stereocenters. The minimum Gasteiger partial charge on any atom is -0.166 e. The maximum atomic E-state index is 12.5. The van der Waals surface area contributed by atoms with Gasteiger partial charge >= 0.3 is 12.4 Å². The lowest BCUT2D eigenvalue weighted by molar-refractivity contribution is -0.100. The Kier molecular flexibility index (Phi) is 3.64. The fourth-order valence-electron chi connectivity index (χ4n) is 1.64. The van der Waals surface area contributed by atoms with Gasteiger partial charge < -0.3 is 0 Å². The van der Waals surface area contributed by atoms with E-state index in [1.807, 2.05) is 0 Å². The lowest BCUT2D eigenvalue weighted by Gasteiger charge is -2.26.